The van der Waals surface area contributed by atoms with Gasteiger partial charge < -0.3 is 0 Å². The Hall–Kier alpha value is -0.500. The van der Waals surface area contributed by atoms with E-state index in [0.717, 1.165) is 6.42 Å². The van der Waals surface area contributed by atoms with E-state index in [1.165, 1.54) is 0 Å². The van der Waals surface area contributed by atoms with E-state index in [9.17, 15) is 4.79 Å². The molecule has 3 heteroatoms. The number of amides is 1. The molecular formula is C6H6ClNO. The zero-order valence-electron chi connectivity index (χ0n) is 4.80. The fourth-order valence-corrected chi connectivity index (χ4v) is 1.62. The van der Waals surface area contributed by atoms with Crippen molar-refractivity contribution in [3.05, 3.63) is 11.2 Å². The van der Waals surface area contributed by atoms with Gasteiger partial charge in [0.25, 0.3) is 0 Å². The lowest BCUT2D eigenvalue weighted by Gasteiger charge is -2.34. The molecule has 1 unspecified atom stereocenters. The highest BCUT2D eigenvalue weighted by Crippen LogP contribution is 2.34. The number of hydrogen-bond donors (Lipinski definition) is 0. The first-order valence-corrected chi connectivity index (χ1v) is 3.34. The molecule has 0 aromatic carbocycles. The van der Waals surface area contributed by atoms with Crippen LogP contribution in [-0.4, -0.2) is 16.8 Å². The second-order valence-electron chi connectivity index (χ2n) is 2.38. The van der Waals surface area contributed by atoms with Crippen molar-refractivity contribution in [2.45, 2.75) is 18.9 Å². The van der Waals surface area contributed by atoms with Crippen molar-refractivity contribution in [3.8, 4) is 0 Å². The number of nitrogens with zero attached hydrogens (tertiary/aromatic N) is 1. The maximum absolute atomic E-state index is 10.7. The highest BCUT2D eigenvalue weighted by Gasteiger charge is 2.40. The van der Waals surface area contributed by atoms with E-state index in [1.807, 2.05) is 6.08 Å². The Morgan fingerprint density at radius 1 is 1.78 bits per heavy atom. The summed E-state index contributed by atoms with van der Waals surface area (Å²) in [6.07, 6.45) is 3.54. The van der Waals surface area contributed by atoms with Crippen molar-refractivity contribution in [1.82, 2.24) is 4.90 Å². The molecule has 0 aromatic rings. The van der Waals surface area contributed by atoms with Crippen molar-refractivity contribution in [3.63, 3.8) is 0 Å². The Balaban J connectivity index is 2.24. The molecule has 0 saturated carbocycles. The summed E-state index contributed by atoms with van der Waals surface area (Å²) in [4.78, 5) is 12.4. The van der Waals surface area contributed by atoms with Gasteiger partial charge in [-0.1, -0.05) is 11.6 Å². The number of rotatable bonds is 0. The first kappa shape index (κ1) is 5.30. The quantitative estimate of drug-likeness (QED) is 0.367. The first-order valence-electron chi connectivity index (χ1n) is 2.97. The van der Waals surface area contributed by atoms with Crippen LogP contribution in [0.4, 0.5) is 0 Å². The Morgan fingerprint density at radius 2 is 2.56 bits per heavy atom. The summed E-state index contributed by atoms with van der Waals surface area (Å²) in [5.41, 5.74) is 0. The Morgan fingerprint density at radius 3 is 3.00 bits per heavy atom. The normalized spacial score (nSPS) is 31.7. The molecule has 2 nitrogen and oxygen atoms in total. The molecule has 2 aliphatic heterocycles. The largest absolute Gasteiger partial charge is 0.299 e. The summed E-state index contributed by atoms with van der Waals surface area (Å²) < 4.78 is 0. The second kappa shape index (κ2) is 1.51. The monoisotopic (exact) mass is 143 g/mol. The van der Waals surface area contributed by atoms with Gasteiger partial charge in [-0.05, 0) is 12.5 Å². The number of carbonyl (C=O) groups is 1. The molecule has 2 heterocycles. The van der Waals surface area contributed by atoms with Crippen molar-refractivity contribution in [1.29, 1.82) is 0 Å². The molecule has 1 atom stereocenters. The van der Waals surface area contributed by atoms with Crippen LogP contribution in [0.25, 0.3) is 0 Å². The van der Waals surface area contributed by atoms with Crippen LogP contribution in [-0.2, 0) is 4.79 Å². The van der Waals surface area contributed by atoms with Crippen molar-refractivity contribution in [2.24, 2.45) is 0 Å². The third kappa shape index (κ3) is 0.540. The highest BCUT2D eigenvalue weighted by atomic mass is 35.5. The average Bonchev–Trinajstić information content (AvgIpc) is 2.04. The summed E-state index contributed by atoms with van der Waals surface area (Å²) in [6, 6.07) is 0.407. The van der Waals surface area contributed by atoms with Gasteiger partial charge in [-0.25, -0.2) is 0 Å². The minimum absolute atomic E-state index is 0.166. The van der Waals surface area contributed by atoms with Gasteiger partial charge in [-0.2, -0.15) is 0 Å². The van der Waals surface area contributed by atoms with Crippen LogP contribution in [0.3, 0.4) is 0 Å². The Kier molecular flexibility index (Phi) is 0.887. The molecule has 0 N–H and O–H groups in total. The molecular weight excluding hydrogens is 138 g/mol. The van der Waals surface area contributed by atoms with Gasteiger partial charge in [-0.15, -0.1) is 0 Å². The lowest BCUT2D eigenvalue weighted by atomic mass is 10.0. The molecule has 0 aromatic heterocycles. The predicted molar refractivity (Wildman–Crippen MR) is 33.8 cm³/mol. The highest BCUT2D eigenvalue weighted by molar-refractivity contribution is 6.31. The number of β-lactam (4-membered cyclic amide) rings is 1. The lowest BCUT2D eigenvalue weighted by molar-refractivity contribution is -0.140. The Labute approximate surface area is 58.1 Å². The smallest absolute Gasteiger partial charge is 0.230 e. The third-order valence-electron chi connectivity index (χ3n) is 1.83. The SMILES string of the molecule is O=C1CC2CC=C(Cl)N12. The van der Waals surface area contributed by atoms with Crippen molar-refractivity contribution >= 4 is 17.5 Å². The van der Waals surface area contributed by atoms with E-state index in [-0.39, 0.29) is 5.91 Å². The van der Waals surface area contributed by atoms with Crippen LogP contribution in [0, 0.1) is 0 Å². The van der Waals surface area contributed by atoms with Gasteiger partial charge in [0.2, 0.25) is 5.91 Å². The van der Waals surface area contributed by atoms with E-state index < -0.39 is 0 Å². The molecule has 48 valence electrons. The summed E-state index contributed by atoms with van der Waals surface area (Å²) in [6.45, 7) is 0. The second-order valence-corrected chi connectivity index (χ2v) is 2.77. The van der Waals surface area contributed by atoms with Crippen LogP contribution in [0.1, 0.15) is 12.8 Å². The minimum Gasteiger partial charge on any atom is -0.299 e. The molecule has 2 rings (SSSR count). The van der Waals surface area contributed by atoms with Crippen LogP contribution < -0.4 is 0 Å². The fourth-order valence-electron chi connectivity index (χ4n) is 1.30. The van der Waals surface area contributed by atoms with Crippen LogP contribution >= 0.6 is 11.6 Å². The van der Waals surface area contributed by atoms with E-state index in [2.05, 4.69) is 0 Å². The average molecular weight is 144 g/mol. The van der Waals surface area contributed by atoms with Gasteiger partial charge in [-0.3, -0.25) is 9.69 Å². The number of hydrogen-bond acceptors (Lipinski definition) is 1. The van der Waals surface area contributed by atoms with E-state index in [4.69, 9.17) is 11.6 Å². The number of fused-ring (bicyclic) bond motifs is 1. The lowest BCUT2D eigenvalue weighted by Crippen LogP contribution is -2.47. The van der Waals surface area contributed by atoms with Crippen LogP contribution in [0.5, 0.6) is 0 Å². The standard InChI is InChI=1S/C6H6ClNO/c7-5-2-1-4-3-6(9)8(4)5/h2,4H,1,3H2. The van der Waals surface area contributed by atoms with Crippen molar-refractivity contribution in [2.75, 3.05) is 0 Å². The summed E-state index contributed by atoms with van der Waals surface area (Å²) in [5, 5.41) is 0.622. The minimum atomic E-state index is 0.166. The molecule has 0 bridgehead atoms. The molecule has 0 radical (unpaired) electrons. The molecule has 0 aliphatic carbocycles. The topological polar surface area (TPSA) is 20.3 Å². The Bertz CT molecular complexity index is 199. The zero-order valence-corrected chi connectivity index (χ0v) is 5.56. The molecule has 2 aliphatic rings. The summed E-state index contributed by atoms with van der Waals surface area (Å²) in [7, 11) is 0. The zero-order chi connectivity index (χ0) is 6.43. The summed E-state index contributed by atoms with van der Waals surface area (Å²) >= 11 is 5.67. The van der Waals surface area contributed by atoms with Crippen molar-refractivity contribution < 1.29 is 4.79 Å². The van der Waals surface area contributed by atoms with Gasteiger partial charge in [0.15, 0.2) is 0 Å². The molecule has 1 amide bonds. The van der Waals surface area contributed by atoms with E-state index >= 15 is 0 Å². The van der Waals surface area contributed by atoms with Crippen LogP contribution in [0.2, 0.25) is 0 Å². The number of halogens is 1. The third-order valence-corrected chi connectivity index (χ3v) is 2.17. The van der Waals surface area contributed by atoms with Gasteiger partial charge in [0, 0.05) is 6.42 Å². The van der Waals surface area contributed by atoms with Gasteiger partial charge >= 0.3 is 0 Å². The predicted octanol–water partition coefficient (Wildman–Crippen LogP) is 1.07. The first-order chi connectivity index (χ1) is 4.29. The number of carbonyl (C=O) groups excluding carboxylic acids is 1. The fraction of sp³-hybridized carbons (Fsp3) is 0.500. The maximum Gasteiger partial charge on any atom is 0.230 e. The van der Waals surface area contributed by atoms with Gasteiger partial charge in [0.1, 0.15) is 5.16 Å². The van der Waals surface area contributed by atoms with Gasteiger partial charge in [0.05, 0.1) is 6.04 Å². The van der Waals surface area contributed by atoms with E-state index in [1.54, 1.807) is 4.90 Å². The maximum atomic E-state index is 10.7. The summed E-state index contributed by atoms with van der Waals surface area (Å²) in [5.74, 6) is 0.166. The molecule has 1 saturated heterocycles. The molecule has 0 spiro atoms. The molecule has 9 heavy (non-hydrogen) atoms. The van der Waals surface area contributed by atoms with Crippen LogP contribution in [0.15, 0.2) is 11.2 Å². The molecule has 1 fully saturated rings. The van der Waals surface area contributed by atoms with E-state index in [0.29, 0.717) is 17.6 Å².